The van der Waals surface area contributed by atoms with Gasteiger partial charge in [0.2, 0.25) is 0 Å². The molecule has 1 aliphatic carbocycles. The van der Waals surface area contributed by atoms with Gasteiger partial charge in [-0.3, -0.25) is 0 Å². The minimum Gasteiger partial charge on any atom is -0.383 e. The molecule has 0 radical (unpaired) electrons. The predicted molar refractivity (Wildman–Crippen MR) is 48.9 cm³/mol. The number of ether oxygens (including phenoxy) is 1. The zero-order chi connectivity index (χ0) is 9.03. The lowest BCUT2D eigenvalue weighted by molar-refractivity contribution is -0.0557. The van der Waals surface area contributed by atoms with E-state index in [1.165, 1.54) is 0 Å². The Balaban J connectivity index is 2.70. The number of hydrogen-bond donors (Lipinski definition) is 1. The molecule has 2 unspecified atom stereocenters. The predicted octanol–water partition coefficient (Wildman–Crippen LogP) is 1.66. The van der Waals surface area contributed by atoms with E-state index in [1.807, 2.05) is 32.1 Å². The highest BCUT2D eigenvalue weighted by Crippen LogP contribution is 2.24. The lowest BCUT2D eigenvalue weighted by atomic mass is 9.90. The molecule has 1 N–H and O–H groups in total. The molecule has 0 aromatic rings. The molecule has 0 aromatic heterocycles. The molecule has 0 heterocycles. The summed E-state index contributed by atoms with van der Waals surface area (Å²) in [6.07, 6.45) is 7.96. The largest absolute Gasteiger partial charge is 0.383 e. The molecule has 68 valence electrons. The fraction of sp³-hybridized carbons (Fsp3) is 0.600. The van der Waals surface area contributed by atoms with E-state index in [0.29, 0.717) is 13.0 Å². The fourth-order valence-corrected chi connectivity index (χ4v) is 1.35. The summed E-state index contributed by atoms with van der Waals surface area (Å²) in [6, 6.07) is 0. The topological polar surface area (TPSA) is 29.5 Å². The first-order valence-electron chi connectivity index (χ1n) is 4.43. The Morgan fingerprint density at radius 2 is 2.17 bits per heavy atom. The highest BCUT2D eigenvalue weighted by Gasteiger charge is 2.32. The first-order valence-corrected chi connectivity index (χ1v) is 4.43. The highest BCUT2D eigenvalue weighted by atomic mass is 16.5. The van der Waals surface area contributed by atoms with E-state index in [9.17, 15) is 5.11 Å². The second kappa shape index (κ2) is 3.87. The van der Waals surface area contributed by atoms with Crippen molar-refractivity contribution in [3.8, 4) is 0 Å². The zero-order valence-corrected chi connectivity index (χ0v) is 7.66. The van der Waals surface area contributed by atoms with Crippen LogP contribution >= 0.6 is 0 Å². The molecule has 0 bridgehead atoms. The maximum Gasteiger partial charge on any atom is 0.112 e. The third kappa shape index (κ3) is 1.76. The van der Waals surface area contributed by atoms with Crippen molar-refractivity contribution in [2.24, 2.45) is 0 Å². The van der Waals surface area contributed by atoms with Crippen LogP contribution in [0.2, 0.25) is 0 Å². The van der Waals surface area contributed by atoms with Crippen molar-refractivity contribution in [1.29, 1.82) is 0 Å². The van der Waals surface area contributed by atoms with Gasteiger partial charge in [-0.25, -0.2) is 0 Å². The highest BCUT2D eigenvalue weighted by molar-refractivity contribution is 5.22. The Morgan fingerprint density at radius 3 is 2.75 bits per heavy atom. The minimum atomic E-state index is -0.801. The van der Waals surface area contributed by atoms with E-state index in [4.69, 9.17) is 4.74 Å². The molecule has 1 rings (SSSR count). The van der Waals surface area contributed by atoms with Crippen molar-refractivity contribution >= 4 is 0 Å². The smallest absolute Gasteiger partial charge is 0.112 e. The second-order valence-corrected chi connectivity index (χ2v) is 2.96. The normalized spacial score (nSPS) is 34.1. The summed E-state index contributed by atoms with van der Waals surface area (Å²) in [5, 5.41) is 10.0. The lowest BCUT2D eigenvalue weighted by Crippen LogP contribution is -2.41. The molecule has 0 aliphatic heterocycles. The van der Waals surface area contributed by atoms with Gasteiger partial charge in [0, 0.05) is 6.61 Å². The Morgan fingerprint density at radius 1 is 1.42 bits per heavy atom. The van der Waals surface area contributed by atoms with Crippen molar-refractivity contribution in [3.05, 3.63) is 24.3 Å². The van der Waals surface area contributed by atoms with Crippen LogP contribution in [-0.4, -0.2) is 23.4 Å². The standard InChI is InChI=1S/C10H16O2/c1-3-10(11)8-6-5-7-9(10)12-4-2/h5-9,11H,3-4H2,1-2H3. The number of rotatable bonds is 3. The number of allylic oxidation sites excluding steroid dienone is 2. The van der Waals surface area contributed by atoms with E-state index in [0.717, 1.165) is 0 Å². The second-order valence-electron chi connectivity index (χ2n) is 2.96. The van der Waals surface area contributed by atoms with Crippen LogP contribution in [0.25, 0.3) is 0 Å². The molecule has 0 amide bonds. The average molecular weight is 168 g/mol. The summed E-state index contributed by atoms with van der Waals surface area (Å²) in [4.78, 5) is 0. The average Bonchev–Trinajstić information content (AvgIpc) is 2.10. The summed E-state index contributed by atoms with van der Waals surface area (Å²) in [6.45, 7) is 4.52. The molecule has 0 saturated heterocycles. The van der Waals surface area contributed by atoms with Crippen molar-refractivity contribution in [1.82, 2.24) is 0 Å². The minimum absolute atomic E-state index is 0.183. The van der Waals surface area contributed by atoms with E-state index < -0.39 is 5.60 Å². The molecular weight excluding hydrogens is 152 g/mol. The molecule has 12 heavy (non-hydrogen) atoms. The summed E-state index contributed by atoms with van der Waals surface area (Å²) in [5.41, 5.74) is -0.801. The van der Waals surface area contributed by atoms with Crippen LogP contribution in [0.15, 0.2) is 24.3 Å². The monoisotopic (exact) mass is 168 g/mol. The van der Waals surface area contributed by atoms with Gasteiger partial charge in [-0.2, -0.15) is 0 Å². The van der Waals surface area contributed by atoms with Crippen LogP contribution in [0.5, 0.6) is 0 Å². The molecule has 2 atom stereocenters. The van der Waals surface area contributed by atoms with Crippen molar-refractivity contribution in [2.45, 2.75) is 32.0 Å². The van der Waals surface area contributed by atoms with Crippen LogP contribution in [0.1, 0.15) is 20.3 Å². The molecule has 0 spiro atoms. The van der Waals surface area contributed by atoms with Crippen molar-refractivity contribution in [3.63, 3.8) is 0 Å². The van der Waals surface area contributed by atoms with E-state index in [-0.39, 0.29) is 6.10 Å². The van der Waals surface area contributed by atoms with Gasteiger partial charge in [-0.1, -0.05) is 31.2 Å². The van der Waals surface area contributed by atoms with Gasteiger partial charge in [0.15, 0.2) is 0 Å². The summed E-state index contributed by atoms with van der Waals surface area (Å²) >= 11 is 0. The van der Waals surface area contributed by atoms with E-state index in [2.05, 4.69) is 0 Å². The van der Waals surface area contributed by atoms with Crippen molar-refractivity contribution in [2.75, 3.05) is 6.61 Å². The number of aliphatic hydroxyl groups is 1. The van der Waals surface area contributed by atoms with Gasteiger partial charge < -0.3 is 9.84 Å². The van der Waals surface area contributed by atoms with Gasteiger partial charge in [0.25, 0.3) is 0 Å². The third-order valence-corrected chi connectivity index (χ3v) is 2.19. The van der Waals surface area contributed by atoms with Gasteiger partial charge in [-0.15, -0.1) is 0 Å². The van der Waals surface area contributed by atoms with Gasteiger partial charge in [0.05, 0.1) is 0 Å². The maximum absolute atomic E-state index is 10.0. The fourth-order valence-electron chi connectivity index (χ4n) is 1.35. The Hall–Kier alpha value is -0.600. The first-order chi connectivity index (χ1) is 5.73. The SMILES string of the molecule is CCOC1C=CC=CC1(O)CC. The van der Waals surface area contributed by atoms with E-state index >= 15 is 0 Å². The lowest BCUT2D eigenvalue weighted by Gasteiger charge is -2.32. The zero-order valence-electron chi connectivity index (χ0n) is 7.66. The van der Waals surface area contributed by atoms with Gasteiger partial charge in [0.1, 0.15) is 11.7 Å². The molecule has 0 saturated carbocycles. The van der Waals surface area contributed by atoms with Crippen LogP contribution in [-0.2, 0) is 4.74 Å². The number of hydrogen-bond acceptors (Lipinski definition) is 2. The van der Waals surface area contributed by atoms with E-state index in [1.54, 1.807) is 6.08 Å². The maximum atomic E-state index is 10.0. The van der Waals surface area contributed by atoms with Gasteiger partial charge in [-0.05, 0) is 13.3 Å². The van der Waals surface area contributed by atoms with Crippen LogP contribution < -0.4 is 0 Å². The quantitative estimate of drug-likeness (QED) is 0.694. The molecule has 2 heteroatoms. The summed E-state index contributed by atoms with van der Waals surface area (Å²) < 4.78 is 5.40. The molecule has 0 fully saturated rings. The summed E-state index contributed by atoms with van der Waals surface area (Å²) in [5.74, 6) is 0. The third-order valence-electron chi connectivity index (χ3n) is 2.19. The first kappa shape index (κ1) is 9.49. The molecule has 2 nitrogen and oxygen atoms in total. The van der Waals surface area contributed by atoms with Gasteiger partial charge >= 0.3 is 0 Å². The Bertz CT molecular complexity index is 196. The Kier molecular flexibility index (Phi) is 3.06. The van der Waals surface area contributed by atoms with Crippen molar-refractivity contribution < 1.29 is 9.84 Å². The molecular formula is C10H16O2. The molecule has 1 aliphatic rings. The van der Waals surface area contributed by atoms with Crippen LogP contribution in [0, 0.1) is 0 Å². The van der Waals surface area contributed by atoms with Crippen LogP contribution in [0.3, 0.4) is 0 Å². The molecule has 0 aromatic carbocycles. The Labute approximate surface area is 73.5 Å². The summed E-state index contributed by atoms with van der Waals surface area (Å²) in [7, 11) is 0. The van der Waals surface area contributed by atoms with Crippen LogP contribution in [0.4, 0.5) is 0 Å².